The molecule has 232 valence electrons. The van der Waals surface area contributed by atoms with Gasteiger partial charge in [0.15, 0.2) is 5.82 Å². The Balaban J connectivity index is 1.50. The number of pyridine rings is 2. The van der Waals surface area contributed by atoms with E-state index in [9.17, 15) is 15.2 Å². The number of aliphatic hydroxyl groups excluding tert-OH is 1. The molecule has 1 aliphatic heterocycles. The van der Waals surface area contributed by atoms with Crippen LogP contribution >= 0.6 is 23.4 Å². The summed E-state index contributed by atoms with van der Waals surface area (Å²) in [6, 6.07) is 10.5. The van der Waals surface area contributed by atoms with Crippen molar-refractivity contribution in [1.29, 1.82) is 5.26 Å². The molecule has 1 aliphatic rings. The lowest BCUT2D eigenvalue weighted by molar-refractivity contribution is 0.00177. The summed E-state index contributed by atoms with van der Waals surface area (Å²) in [4.78, 5) is 23.9. The fourth-order valence-corrected chi connectivity index (χ4v) is 7.08. The first kappa shape index (κ1) is 31.0. The summed E-state index contributed by atoms with van der Waals surface area (Å²) in [6.07, 6.45) is 6.28. The van der Waals surface area contributed by atoms with Gasteiger partial charge in [0.2, 0.25) is 0 Å². The van der Waals surface area contributed by atoms with E-state index in [1.807, 2.05) is 37.8 Å². The minimum absolute atomic E-state index is 0.0797. The van der Waals surface area contributed by atoms with Crippen molar-refractivity contribution in [3.8, 4) is 17.3 Å². The van der Waals surface area contributed by atoms with Gasteiger partial charge in [-0.25, -0.2) is 14.2 Å². The Morgan fingerprint density at radius 2 is 2.09 bits per heavy atom. The second-order valence-corrected chi connectivity index (χ2v) is 13.3. The molecule has 4 heterocycles. The molecule has 2 aromatic carbocycles. The van der Waals surface area contributed by atoms with Gasteiger partial charge in [0.25, 0.3) is 0 Å². The van der Waals surface area contributed by atoms with Gasteiger partial charge in [0, 0.05) is 36.2 Å². The third-order valence-electron chi connectivity index (χ3n) is 8.15. The van der Waals surface area contributed by atoms with Crippen molar-refractivity contribution < 1.29 is 19.0 Å². The lowest BCUT2D eigenvalue weighted by atomic mass is 9.95. The predicted molar refractivity (Wildman–Crippen MR) is 174 cm³/mol. The van der Waals surface area contributed by atoms with Crippen molar-refractivity contribution in [2.75, 3.05) is 19.4 Å². The molecule has 5 aromatic rings. The number of piperidine rings is 1. The molecular formula is C33H32ClFN6O3S. The summed E-state index contributed by atoms with van der Waals surface area (Å²) >= 11 is 8.27. The van der Waals surface area contributed by atoms with Gasteiger partial charge in [-0.3, -0.25) is 9.67 Å². The average Bonchev–Trinajstić information content (AvgIpc) is 3.45. The molecule has 1 fully saturated rings. The summed E-state index contributed by atoms with van der Waals surface area (Å²) in [7, 11) is 0. The quantitative estimate of drug-likeness (QED) is 0.195. The third kappa shape index (κ3) is 5.56. The third-order valence-corrected chi connectivity index (χ3v) is 9.15. The second kappa shape index (κ2) is 12.1. The number of halogens is 2. The highest BCUT2D eigenvalue weighted by Crippen LogP contribution is 2.43. The van der Waals surface area contributed by atoms with E-state index in [4.69, 9.17) is 26.4 Å². The Kier molecular flexibility index (Phi) is 8.33. The van der Waals surface area contributed by atoms with Crippen LogP contribution in [0, 0.1) is 17.1 Å². The van der Waals surface area contributed by atoms with E-state index in [1.54, 1.807) is 41.6 Å². The Hall–Kier alpha value is -3.98. The number of carbonyl (C=O) groups excluding carboxylic acids is 1. The number of amides is 1. The number of hydrogen-bond acceptors (Lipinski definition) is 8. The molecule has 9 nitrogen and oxygen atoms in total. The van der Waals surface area contributed by atoms with Crippen LogP contribution in [0.3, 0.4) is 0 Å². The van der Waals surface area contributed by atoms with Crippen LogP contribution in [0.2, 0.25) is 5.02 Å². The lowest BCUT2D eigenvalue weighted by Gasteiger charge is -2.40. The molecule has 0 radical (unpaired) electrons. The molecule has 0 spiro atoms. The lowest BCUT2D eigenvalue weighted by Crippen LogP contribution is -2.48. The zero-order valence-corrected chi connectivity index (χ0v) is 26.9. The van der Waals surface area contributed by atoms with E-state index in [-0.39, 0.29) is 40.5 Å². The minimum Gasteiger partial charge on any atom is -0.444 e. The first-order chi connectivity index (χ1) is 21.6. The Labute approximate surface area is 268 Å². The topological polar surface area (TPSA) is 117 Å². The monoisotopic (exact) mass is 646 g/mol. The van der Waals surface area contributed by atoms with Gasteiger partial charge < -0.3 is 14.7 Å². The fourth-order valence-electron chi connectivity index (χ4n) is 6.25. The average molecular weight is 647 g/mol. The number of thioether (sulfide) groups is 1. The van der Waals surface area contributed by atoms with Crippen LogP contribution in [0.4, 0.5) is 9.18 Å². The normalized spacial score (nSPS) is 17.2. The molecule has 2 atom stereocenters. The number of rotatable bonds is 5. The van der Waals surface area contributed by atoms with Crippen LogP contribution in [0.5, 0.6) is 0 Å². The number of nitrogens with zero attached hydrogens (tertiary/aromatic N) is 6. The second-order valence-electron chi connectivity index (χ2n) is 12.1. The van der Waals surface area contributed by atoms with Gasteiger partial charge in [-0.15, -0.1) is 11.8 Å². The fraction of sp³-hybridized carbons (Fsp3) is 0.364. The molecule has 1 N–H and O–H groups in total. The smallest absolute Gasteiger partial charge is 0.410 e. The van der Waals surface area contributed by atoms with E-state index in [2.05, 4.69) is 11.1 Å². The number of likely N-dealkylation sites (tertiary alicyclic amines) is 1. The molecule has 0 unspecified atom stereocenters. The van der Waals surface area contributed by atoms with Crippen LogP contribution in [0.25, 0.3) is 43.8 Å². The van der Waals surface area contributed by atoms with Crippen LogP contribution in [-0.2, 0) is 4.74 Å². The van der Waals surface area contributed by atoms with Crippen LogP contribution < -0.4 is 0 Å². The highest BCUT2D eigenvalue weighted by Gasteiger charge is 2.36. The van der Waals surface area contributed by atoms with Gasteiger partial charge in [-0.1, -0.05) is 23.7 Å². The zero-order valence-electron chi connectivity index (χ0n) is 25.3. The van der Waals surface area contributed by atoms with E-state index >= 15 is 4.39 Å². The van der Waals surface area contributed by atoms with Crippen LogP contribution in [0.1, 0.15) is 51.6 Å². The van der Waals surface area contributed by atoms with Gasteiger partial charge in [-0.2, -0.15) is 10.4 Å². The molecule has 0 aliphatic carbocycles. The SMILES string of the molecule is CSc1nc2c(F)c(-c3nccc4cccc(C#N)c34)c(Cl)cc2c2c1cnn2[C@H]1CCN(C(=O)OC(C)(C)C)[C@H](CCO)C1. The van der Waals surface area contributed by atoms with E-state index in [1.165, 1.54) is 11.8 Å². The summed E-state index contributed by atoms with van der Waals surface area (Å²) in [5.41, 5.74) is 0.897. The van der Waals surface area contributed by atoms with Crippen molar-refractivity contribution in [3.05, 3.63) is 59.1 Å². The summed E-state index contributed by atoms with van der Waals surface area (Å²) < 4.78 is 24.3. The highest BCUT2D eigenvalue weighted by molar-refractivity contribution is 7.98. The maximum absolute atomic E-state index is 16.7. The molecule has 6 rings (SSSR count). The predicted octanol–water partition coefficient (Wildman–Crippen LogP) is 7.51. The van der Waals surface area contributed by atoms with Gasteiger partial charge in [0.05, 0.1) is 51.1 Å². The summed E-state index contributed by atoms with van der Waals surface area (Å²) in [6.45, 7) is 5.80. The number of aliphatic hydroxyl groups is 1. The molecule has 12 heteroatoms. The molecule has 0 saturated carbocycles. The first-order valence-corrected chi connectivity index (χ1v) is 16.3. The number of nitriles is 1. The van der Waals surface area contributed by atoms with E-state index in [0.717, 1.165) is 10.8 Å². The van der Waals surface area contributed by atoms with Gasteiger partial charge >= 0.3 is 6.09 Å². The molecule has 1 amide bonds. The van der Waals surface area contributed by atoms with Crippen LogP contribution in [-0.4, -0.2) is 66.9 Å². The maximum atomic E-state index is 16.7. The highest BCUT2D eigenvalue weighted by atomic mass is 35.5. The Morgan fingerprint density at radius 3 is 2.80 bits per heavy atom. The summed E-state index contributed by atoms with van der Waals surface area (Å²) in [5, 5.41) is 27.7. The number of ether oxygens (including phenoxy) is 1. The van der Waals surface area contributed by atoms with Crippen molar-refractivity contribution in [2.45, 2.75) is 62.7 Å². The van der Waals surface area contributed by atoms with E-state index in [0.29, 0.717) is 52.7 Å². The maximum Gasteiger partial charge on any atom is 0.410 e. The zero-order chi connectivity index (χ0) is 32.0. The van der Waals surface area contributed by atoms with Gasteiger partial charge in [-0.05, 0) is 69.9 Å². The molecule has 0 bridgehead atoms. The Bertz CT molecular complexity index is 2000. The van der Waals surface area contributed by atoms with E-state index < -0.39 is 17.5 Å². The number of fused-ring (bicyclic) bond motifs is 4. The molecular weight excluding hydrogens is 615 g/mol. The number of aromatic nitrogens is 4. The summed E-state index contributed by atoms with van der Waals surface area (Å²) in [5.74, 6) is -0.631. The molecule has 1 saturated heterocycles. The Morgan fingerprint density at radius 1 is 1.29 bits per heavy atom. The van der Waals surface area contributed by atoms with Crippen molar-refractivity contribution in [3.63, 3.8) is 0 Å². The number of hydrogen-bond donors (Lipinski definition) is 1. The number of benzene rings is 2. The molecule has 3 aromatic heterocycles. The number of carbonyl (C=O) groups is 1. The van der Waals surface area contributed by atoms with Crippen molar-refractivity contribution in [2.24, 2.45) is 0 Å². The van der Waals surface area contributed by atoms with Crippen molar-refractivity contribution in [1.82, 2.24) is 24.6 Å². The van der Waals surface area contributed by atoms with Crippen molar-refractivity contribution >= 4 is 62.0 Å². The minimum atomic E-state index is -0.643. The van der Waals surface area contributed by atoms with Crippen LogP contribution in [0.15, 0.2) is 47.8 Å². The standard InChI is InChI=1S/C33H32ClFN6O3S/c1-33(2,3)44-32(43)40-12-9-21(14-20(40)10-13-42)41-30-22-15-24(34)26(27(35)28(22)39-31(45-4)23(30)17-38-41)29-25-18(8-11-37-29)6-5-7-19(25)16-36/h5-8,11,15,17,20-21,42H,9-10,12-14H2,1-4H3/t20-,21+/m1/s1. The van der Waals surface area contributed by atoms with Gasteiger partial charge in [0.1, 0.15) is 16.1 Å². The molecule has 45 heavy (non-hydrogen) atoms. The first-order valence-electron chi connectivity index (χ1n) is 14.7. The largest absolute Gasteiger partial charge is 0.444 e.